The summed E-state index contributed by atoms with van der Waals surface area (Å²) in [6.45, 7) is 0. The van der Waals surface area contributed by atoms with Gasteiger partial charge in [0.25, 0.3) is 5.69 Å². The van der Waals surface area contributed by atoms with Crippen molar-refractivity contribution in [3.05, 3.63) is 64.6 Å². The summed E-state index contributed by atoms with van der Waals surface area (Å²) in [7, 11) is 0. The fourth-order valence-corrected chi connectivity index (χ4v) is 2.24. The lowest BCUT2D eigenvalue weighted by Gasteiger charge is -2.04. The molecule has 0 atom stereocenters. The summed E-state index contributed by atoms with van der Waals surface area (Å²) in [4.78, 5) is 25.6. The normalized spacial score (nSPS) is 10.4. The fourth-order valence-electron chi connectivity index (χ4n) is 2.24. The molecule has 2 N–H and O–H groups in total. The highest BCUT2D eigenvalue weighted by atomic mass is 16.6. The molecule has 0 amide bonds. The predicted octanol–water partition coefficient (Wildman–Crippen LogP) is 2.75. The molecule has 0 saturated carbocycles. The Morgan fingerprint density at radius 3 is 2.48 bits per heavy atom. The Balaban J connectivity index is 2.18. The molecule has 0 spiro atoms. The van der Waals surface area contributed by atoms with Crippen molar-refractivity contribution in [2.75, 3.05) is 0 Å². The number of nitrogens with zero attached hydrogens (tertiary/aromatic N) is 3. The molecule has 3 rings (SSSR count). The first-order valence-corrected chi connectivity index (χ1v) is 6.55. The van der Waals surface area contributed by atoms with Crippen LogP contribution in [0.3, 0.4) is 0 Å². The van der Waals surface area contributed by atoms with Crippen molar-refractivity contribution >= 4 is 11.7 Å². The van der Waals surface area contributed by atoms with Crippen molar-refractivity contribution in [3.63, 3.8) is 0 Å². The van der Waals surface area contributed by atoms with Crippen molar-refractivity contribution in [2.45, 2.75) is 0 Å². The first kappa shape index (κ1) is 14.4. The average molecular weight is 310 g/mol. The van der Waals surface area contributed by atoms with E-state index in [4.69, 9.17) is 0 Å². The standard InChI is InChI=1S/C15H10N4O4/c20-15(21)14-12(9-3-5-11(6-4-9)19(22)23)13(17-18-14)10-2-1-7-16-8-10/h1-8H,(H,17,18)(H,20,21). The number of non-ortho nitro benzene ring substituents is 1. The Morgan fingerprint density at radius 2 is 1.91 bits per heavy atom. The number of hydrogen-bond donors (Lipinski definition) is 2. The maximum Gasteiger partial charge on any atom is 0.354 e. The van der Waals surface area contributed by atoms with Gasteiger partial charge in [-0.3, -0.25) is 20.2 Å². The van der Waals surface area contributed by atoms with Crippen molar-refractivity contribution in [1.29, 1.82) is 0 Å². The zero-order chi connectivity index (χ0) is 16.4. The van der Waals surface area contributed by atoms with E-state index in [1.165, 1.54) is 24.3 Å². The summed E-state index contributed by atoms with van der Waals surface area (Å²) >= 11 is 0. The fraction of sp³-hybridized carbons (Fsp3) is 0. The van der Waals surface area contributed by atoms with Crippen LogP contribution in [0.5, 0.6) is 0 Å². The molecule has 2 heterocycles. The van der Waals surface area contributed by atoms with Gasteiger partial charge in [0.2, 0.25) is 0 Å². The quantitative estimate of drug-likeness (QED) is 0.564. The van der Waals surface area contributed by atoms with E-state index in [1.54, 1.807) is 24.5 Å². The van der Waals surface area contributed by atoms with Gasteiger partial charge in [0.05, 0.1) is 4.92 Å². The molecule has 8 heteroatoms. The molecule has 1 aromatic carbocycles. The second-order valence-corrected chi connectivity index (χ2v) is 4.67. The number of carboxylic acids is 1. The van der Waals surface area contributed by atoms with Crippen molar-refractivity contribution in [2.24, 2.45) is 0 Å². The van der Waals surface area contributed by atoms with Crippen LogP contribution in [0.15, 0.2) is 48.8 Å². The van der Waals surface area contributed by atoms with E-state index in [0.717, 1.165) is 0 Å². The molecule has 0 aliphatic rings. The monoisotopic (exact) mass is 310 g/mol. The molecular weight excluding hydrogens is 300 g/mol. The lowest BCUT2D eigenvalue weighted by atomic mass is 9.99. The third-order valence-corrected chi connectivity index (χ3v) is 3.28. The molecule has 114 valence electrons. The van der Waals surface area contributed by atoms with Crippen molar-refractivity contribution < 1.29 is 14.8 Å². The van der Waals surface area contributed by atoms with Gasteiger partial charge in [-0.1, -0.05) is 0 Å². The van der Waals surface area contributed by atoms with Gasteiger partial charge in [0, 0.05) is 35.7 Å². The van der Waals surface area contributed by atoms with Crippen molar-refractivity contribution in [3.8, 4) is 22.4 Å². The van der Waals surface area contributed by atoms with E-state index < -0.39 is 10.9 Å². The SMILES string of the molecule is O=C(O)c1[nH]nc(-c2cccnc2)c1-c1ccc([N+](=O)[O-])cc1. The van der Waals surface area contributed by atoms with E-state index in [1.807, 2.05) is 0 Å². The summed E-state index contributed by atoms with van der Waals surface area (Å²) in [6, 6.07) is 9.10. The second-order valence-electron chi connectivity index (χ2n) is 4.67. The van der Waals surface area contributed by atoms with Crippen LogP contribution in [0.25, 0.3) is 22.4 Å². The number of hydrogen-bond acceptors (Lipinski definition) is 5. The number of H-pyrrole nitrogens is 1. The first-order chi connectivity index (χ1) is 11.1. The number of nitrogens with one attached hydrogen (secondary N) is 1. The minimum absolute atomic E-state index is 0.0722. The smallest absolute Gasteiger partial charge is 0.354 e. The number of rotatable bonds is 4. The maximum absolute atomic E-state index is 11.4. The Morgan fingerprint density at radius 1 is 1.17 bits per heavy atom. The summed E-state index contributed by atoms with van der Waals surface area (Å²) < 4.78 is 0. The number of aromatic carboxylic acids is 1. The first-order valence-electron chi connectivity index (χ1n) is 6.55. The maximum atomic E-state index is 11.4. The summed E-state index contributed by atoms with van der Waals surface area (Å²) in [6.07, 6.45) is 3.16. The van der Waals surface area contributed by atoms with E-state index in [-0.39, 0.29) is 11.4 Å². The lowest BCUT2D eigenvalue weighted by Crippen LogP contribution is -1.99. The Hall–Kier alpha value is -3.55. The highest BCUT2D eigenvalue weighted by molar-refractivity contribution is 5.98. The Kier molecular flexibility index (Phi) is 3.55. The van der Waals surface area contributed by atoms with Crippen LogP contribution in [-0.4, -0.2) is 31.2 Å². The molecule has 0 fully saturated rings. The Labute approximate surface area is 129 Å². The van der Waals surface area contributed by atoms with Crippen LogP contribution in [0.4, 0.5) is 5.69 Å². The van der Waals surface area contributed by atoms with Gasteiger partial charge in [-0.05, 0) is 29.8 Å². The van der Waals surface area contributed by atoms with E-state index in [2.05, 4.69) is 15.2 Å². The molecule has 23 heavy (non-hydrogen) atoms. The van der Waals surface area contributed by atoms with Crippen LogP contribution < -0.4 is 0 Å². The highest BCUT2D eigenvalue weighted by Crippen LogP contribution is 2.33. The molecule has 3 aromatic rings. The topological polar surface area (TPSA) is 122 Å². The number of carboxylic acid groups (broad SMARTS) is 1. The zero-order valence-electron chi connectivity index (χ0n) is 11.6. The minimum atomic E-state index is -1.17. The number of nitro groups is 1. The molecule has 8 nitrogen and oxygen atoms in total. The van der Waals surface area contributed by atoms with E-state index in [9.17, 15) is 20.0 Å². The lowest BCUT2D eigenvalue weighted by molar-refractivity contribution is -0.384. The van der Waals surface area contributed by atoms with E-state index in [0.29, 0.717) is 22.4 Å². The van der Waals surface area contributed by atoms with Gasteiger partial charge in [-0.25, -0.2) is 4.79 Å². The minimum Gasteiger partial charge on any atom is -0.477 e. The number of pyridine rings is 1. The third kappa shape index (κ3) is 2.64. The molecule has 0 saturated heterocycles. The molecule has 0 bridgehead atoms. The highest BCUT2D eigenvalue weighted by Gasteiger charge is 2.21. The van der Waals surface area contributed by atoms with Gasteiger partial charge < -0.3 is 5.11 Å². The largest absolute Gasteiger partial charge is 0.477 e. The molecule has 2 aromatic heterocycles. The summed E-state index contributed by atoms with van der Waals surface area (Å²) in [5.74, 6) is -1.17. The van der Waals surface area contributed by atoms with Gasteiger partial charge in [-0.15, -0.1) is 0 Å². The summed E-state index contributed by atoms with van der Waals surface area (Å²) in [5.41, 5.74) is 1.78. The Bertz CT molecular complexity index is 872. The number of aromatic amines is 1. The molecule has 0 radical (unpaired) electrons. The predicted molar refractivity (Wildman–Crippen MR) is 80.9 cm³/mol. The van der Waals surface area contributed by atoms with E-state index >= 15 is 0 Å². The number of aromatic nitrogens is 3. The van der Waals surface area contributed by atoms with Crippen LogP contribution >= 0.6 is 0 Å². The van der Waals surface area contributed by atoms with Crippen LogP contribution in [0.1, 0.15) is 10.5 Å². The van der Waals surface area contributed by atoms with Crippen molar-refractivity contribution in [1.82, 2.24) is 15.2 Å². The van der Waals surface area contributed by atoms with Crippen LogP contribution in [-0.2, 0) is 0 Å². The van der Waals surface area contributed by atoms with Gasteiger partial charge >= 0.3 is 5.97 Å². The van der Waals surface area contributed by atoms with Gasteiger partial charge in [0.1, 0.15) is 5.69 Å². The van der Waals surface area contributed by atoms with Gasteiger partial charge in [-0.2, -0.15) is 5.10 Å². The number of benzene rings is 1. The average Bonchev–Trinajstić information content (AvgIpc) is 3.01. The third-order valence-electron chi connectivity index (χ3n) is 3.28. The van der Waals surface area contributed by atoms with Crippen LogP contribution in [0.2, 0.25) is 0 Å². The number of nitro benzene ring substituents is 1. The number of carbonyl (C=O) groups is 1. The van der Waals surface area contributed by atoms with Gasteiger partial charge in [0.15, 0.2) is 5.69 Å². The second kappa shape index (κ2) is 5.68. The molecular formula is C15H10N4O4. The van der Waals surface area contributed by atoms with Crippen LogP contribution in [0, 0.1) is 10.1 Å². The molecule has 0 aliphatic heterocycles. The summed E-state index contributed by atoms with van der Waals surface area (Å²) in [5, 5.41) is 26.6. The zero-order valence-corrected chi connectivity index (χ0v) is 11.6. The molecule has 0 unspecified atom stereocenters. The molecule has 0 aliphatic carbocycles.